The van der Waals surface area contributed by atoms with Crippen molar-refractivity contribution < 1.29 is 9.72 Å². The summed E-state index contributed by atoms with van der Waals surface area (Å²) < 4.78 is 0. The van der Waals surface area contributed by atoms with E-state index in [9.17, 15) is 14.9 Å². The average molecular weight is 303 g/mol. The molecule has 0 radical (unpaired) electrons. The average Bonchev–Trinajstić information content (AvgIpc) is 2.88. The summed E-state index contributed by atoms with van der Waals surface area (Å²) in [6.07, 6.45) is 0. The van der Waals surface area contributed by atoms with E-state index >= 15 is 0 Å². The summed E-state index contributed by atoms with van der Waals surface area (Å²) in [5.41, 5.74) is 0.701. The highest BCUT2D eigenvalue weighted by atomic mass is 16.6. The molecule has 0 aliphatic carbocycles. The van der Waals surface area contributed by atoms with E-state index in [2.05, 4.69) is 20.8 Å². The fourth-order valence-corrected chi connectivity index (χ4v) is 2.00. The van der Waals surface area contributed by atoms with Gasteiger partial charge < -0.3 is 10.6 Å². The van der Waals surface area contributed by atoms with Crippen molar-refractivity contribution in [3.8, 4) is 0 Å². The van der Waals surface area contributed by atoms with Crippen LogP contribution >= 0.6 is 0 Å². The SMILES string of the molecule is Cc1[nH]nc(C(=O)NCC(C)Nc2ccccc2)c1[N+](=O)[O-]. The third kappa shape index (κ3) is 3.60. The van der Waals surface area contributed by atoms with E-state index in [1.54, 1.807) is 0 Å². The third-order valence-electron chi connectivity index (χ3n) is 3.07. The van der Waals surface area contributed by atoms with Gasteiger partial charge in [0.2, 0.25) is 5.69 Å². The van der Waals surface area contributed by atoms with E-state index in [4.69, 9.17) is 0 Å². The molecule has 1 unspecified atom stereocenters. The molecule has 1 aromatic carbocycles. The zero-order chi connectivity index (χ0) is 16.1. The van der Waals surface area contributed by atoms with Gasteiger partial charge in [-0.25, -0.2) is 0 Å². The highest BCUT2D eigenvalue weighted by Gasteiger charge is 2.27. The lowest BCUT2D eigenvalue weighted by atomic mass is 10.2. The molecule has 0 aliphatic heterocycles. The van der Waals surface area contributed by atoms with Crippen molar-refractivity contribution in [2.75, 3.05) is 11.9 Å². The number of rotatable bonds is 6. The highest BCUT2D eigenvalue weighted by molar-refractivity contribution is 5.96. The number of hydrogen-bond acceptors (Lipinski definition) is 5. The lowest BCUT2D eigenvalue weighted by molar-refractivity contribution is -0.385. The van der Waals surface area contributed by atoms with Gasteiger partial charge in [-0.2, -0.15) is 5.10 Å². The number of carbonyl (C=O) groups excluding carboxylic acids is 1. The Hall–Kier alpha value is -2.90. The number of aryl methyl sites for hydroxylation is 1. The Labute approximate surface area is 127 Å². The molecule has 1 heterocycles. The third-order valence-corrected chi connectivity index (χ3v) is 3.07. The maximum absolute atomic E-state index is 12.0. The van der Waals surface area contributed by atoms with Gasteiger partial charge in [-0.05, 0) is 26.0 Å². The largest absolute Gasteiger partial charge is 0.381 e. The summed E-state index contributed by atoms with van der Waals surface area (Å²) in [6, 6.07) is 9.52. The number of hydrogen-bond donors (Lipinski definition) is 3. The van der Waals surface area contributed by atoms with Crippen LogP contribution in [0.4, 0.5) is 11.4 Å². The van der Waals surface area contributed by atoms with E-state index in [1.807, 2.05) is 37.3 Å². The van der Waals surface area contributed by atoms with E-state index in [0.29, 0.717) is 6.54 Å². The van der Waals surface area contributed by atoms with Crippen LogP contribution in [0.25, 0.3) is 0 Å². The molecule has 22 heavy (non-hydrogen) atoms. The first-order valence-corrected chi connectivity index (χ1v) is 6.78. The summed E-state index contributed by atoms with van der Waals surface area (Å²) in [6.45, 7) is 3.72. The van der Waals surface area contributed by atoms with Crippen molar-refractivity contribution in [1.29, 1.82) is 0 Å². The molecule has 2 rings (SSSR count). The monoisotopic (exact) mass is 303 g/mol. The van der Waals surface area contributed by atoms with Crippen molar-refractivity contribution in [3.63, 3.8) is 0 Å². The maximum Gasteiger partial charge on any atom is 0.322 e. The van der Waals surface area contributed by atoms with Gasteiger partial charge in [0.05, 0.1) is 4.92 Å². The van der Waals surface area contributed by atoms with Gasteiger partial charge >= 0.3 is 5.69 Å². The molecule has 0 spiro atoms. The van der Waals surface area contributed by atoms with Crippen molar-refractivity contribution in [1.82, 2.24) is 15.5 Å². The topological polar surface area (TPSA) is 113 Å². The molecule has 3 N–H and O–H groups in total. The number of anilines is 1. The minimum absolute atomic E-state index is 0.0366. The van der Waals surface area contributed by atoms with Crippen LogP contribution in [0.3, 0.4) is 0 Å². The molecule has 8 heteroatoms. The second-order valence-corrected chi connectivity index (χ2v) is 4.92. The van der Waals surface area contributed by atoms with Gasteiger partial charge in [-0.3, -0.25) is 20.0 Å². The lowest BCUT2D eigenvalue weighted by Crippen LogP contribution is -2.35. The molecule has 116 valence electrons. The number of nitrogens with one attached hydrogen (secondary N) is 3. The number of benzene rings is 1. The van der Waals surface area contributed by atoms with Crippen LogP contribution in [0.1, 0.15) is 23.1 Å². The smallest absolute Gasteiger partial charge is 0.322 e. The molecule has 0 saturated heterocycles. The minimum atomic E-state index is -0.612. The van der Waals surface area contributed by atoms with E-state index < -0.39 is 10.8 Å². The molecule has 1 atom stereocenters. The van der Waals surface area contributed by atoms with Crippen LogP contribution in [-0.4, -0.2) is 33.6 Å². The van der Waals surface area contributed by atoms with Crippen LogP contribution < -0.4 is 10.6 Å². The Kier molecular flexibility index (Phi) is 4.72. The van der Waals surface area contributed by atoms with Crippen molar-refractivity contribution in [2.45, 2.75) is 19.9 Å². The Balaban J connectivity index is 1.94. The molecule has 1 aromatic heterocycles. The van der Waals surface area contributed by atoms with Crippen LogP contribution in [0.5, 0.6) is 0 Å². The van der Waals surface area contributed by atoms with E-state index in [0.717, 1.165) is 5.69 Å². The van der Waals surface area contributed by atoms with Crippen LogP contribution in [0.2, 0.25) is 0 Å². The number of H-pyrrole nitrogens is 1. The number of aromatic nitrogens is 2. The summed E-state index contributed by atoms with van der Waals surface area (Å²) in [5, 5.41) is 23.0. The Morgan fingerprint density at radius 1 is 1.41 bits per heavy atom. The summed E-state index contributed by atoms with van der Waals surface area (Å²) >= 11 is 0. The fourth-order valence-electron chi connectivity index (χ4n) is 2.00. The number of nitrogens with zero attached hydrogens (tertiary/aromatic N) is 2. The van der Waals surface area contributed by atoms with Gasteiger partial charge in [0, 0.05) is 18.3 Å². The first-order chi connectivity index (χ1) is 10.5. The number of para-hydroxylation sites is 1. The van der Waals surface area contributed by atoms with Crippen LogP contribution in [0.15, 0.2) is 30.3 Å². The second kappa shape index (κ2) is 6.70. The molecule has 2 aromatic rings. The Bertz CT molecular complexity index is 668. The van der Waals surface area contributed by atoms with Crippen LogP contribution in [-0.2, 0) is 0 Å². The van der Waals surface area contributed by atoms with Crippen molar-refractivity contribution in [3.05, 3.63) is 51.8 Å². The van der Waals surface area contributed by atoms with Crippen molar-refractivity contribution >= 4 is 17.3 Å². The van der Waals surface area contributed by atoms with Crippen LogP contribution in [0, 0.1) is 17.0 Å². The first kappa shape index (κ1) is 15.5. The Morgan fingerprint density at radius 3 is 2.73 bits per heavy atom. The predicted octanol–water partition coefficient (Wildman–Crippen LogP) is 1.86. The number of carbonyl (C=O) groups is 1. The van der Waals surface area contributed by atoms with Gasteiger partial charge in [-0.1, -0.05) is 18.2 Å². The maximum atomic E-state index is 12.0. The second-order valence-electron chi connectivity index (χ2n) is 4.92. The normalized spacial score (nSPS) is 11.7. The summed E-state index contributed by atoms with van der Waals surface area (Å²) in [4.78, 5) is 22.3. The van der Waals surface area contributed by atoms with Gasteiger partial charge in [0.25, 0.3) is 5.91 Å². The predicted molar refractivity (Wildman–Crippen MR) is 81.8 cm³/mol. The molecule has 1 amide bonds. The van der Waals surface area contributed by atoms with Gasteiger partial charge in [-0.15, -0.1) is 0 Å². The standard InChI is InChI=1S/C14H17N5O3/c1-9(16-11-6-4-3-5-7-11)8-15-14(20)12-13(19(21)22)10(2)17-18-12/h3-7,9,16H,8H2,1-2H3,(H,15,20)(H,17,18). The number of aromatic amines is 1. The number of nitro groups is 1. The summed E-state index contributed by atoms with van der Waals surface area (Å²) in [5.74, 6) is -0.572. The molecule has 0 bridgehead atoms. The fraction of sp³-hybridized carbons (Fsp3) is 0.286. The molecular formula is C14H17N5O3. The van der Waals surface area contributed by atoms with E-state index in [-0.39, 0.29) is 23.1 Å². The Morgan fingerprint density at radius 2 is 2.09 bits per heavy atom. The molecule has 0 fully saturated rings. The molecule has 8 nitrogen and oxygen atoms in total. The molecule has 0 aliphatic rings. The number of amides is 1. The van der Waals surface area contributed by atoms with Crippen molar-refractivity contribution in [2.24, 2.45) is 0 Å². The lowest BCUT2D eigenvalue weighted by Gasteiger charge is -2.15. The quantitative estimate of drug-likeness (QED) is 0.557. The zero-order valence-corrected chi connectivity index (χ0v) is 12.3. The molecular weight excluding hydrogens is 286 g/mol. The molecule has 0 saturated carbocycles. The van der Waals surface area contributed by atoms with Gasteiger partial charge in [0.1, 0.15) is 5.69 Å². The minimum Gasteiger partial charge on any atom is -0.381 e. The zero-order valence-electron chi connectivity index (χ0n) is 12.3. The van der Waals surface area contributed by atoms with Gasteiger partial charge in [0.15, 0.2) is 0 Å². The highest BCUT2D eigenvalue weighted by Crippen LogP contribution is 2.19. The van der Waals surface area contributed by atoms with E-state index in [1.165, 1.54) is 6.92 Å². The first-order valence-electron chi connectivity index (χ1n) is 6.78. The summed E-state index contributed by atoms with van der Waals surface area (Å²) in [7, 11) is 0.